The maximum Gasteiger partial charge on any atom is 0.293 e. The molecule has 2 heterocycles. The number of carbonyl (C=O) groups is 2. The summed E-state index contributed by atoms with van der Waals surface area (Å²) in [4.78, 5) is 26.5. The van der Waals surface area contributed by atoms with Crippen LogP contribution in [0.15, 0.2) is 63.9 Å². The van der Waals surface area contributed by atoms with Crippen LogP contribution >= 0.6 is 46.6 Å². The molecule has 146 valence electrons. The van der Waals surface area contributed by atoms with Gasteiger partial charge in [0.05, 0.1) is 21.5 Å². The smallest absolute Gasteiger partial charge is 0.293 e. The fraction of sp³-hybridized carbons (Fsp3) is 0.0476. The lowest BCUT2D eigenvalue weighted by Gasteiger charge is -2.12. The van der Waals surface area contributed by atoms with Crippen molar-refractivity contribution >= 4 is 63.8 Å². The zero-order chi connectivity index (χ0) is 20.5. The molecule has 1 fully saturated rings. The number of furan rings is 1. The van der Waals surface area contributed by atoms with Crippen LogP contribution in [-0.4, -0.2) is 16.0 Å². The number of benzene rings is 2. The lowest BCUT2D eigenvalue weighted by molar-refractivity contribution is -0.123. The van der Waals surface area contributed by atoms with Gasteiger partial charge >= 0.3 is 0 Å². The first kappa shape index (κ1) is 20.1. The molecule has 4 rings (SSSR count). The van der Waals surface area contributed by atoms with E-state index in [0.717, 1.165) is 22.9 Å². The molecule has 1 saturated heterocycles. The van der Waals surface area contributed by atoms with Crippen molar-refractivity contribution in [2.24, 2.45) is 0 Å². The first-order valence-electron chi connectivity index (χ1n) is 8.46. The van der Waals surface area contributed by atoms with Crippen molar-refractivity contribution < 1.29 is 14.0 Å². The molecule has 2 aromatic carbocycles. The highest BCUT2D eigenvalue weighted by Gasteiger charge is 2.35. The van der Waals surface area contributed by atoms with Crippen LogP contribution in [0, 0.1) is 0 Å². The van der Waals surface area contributed by atoms with Gasteiger partial charge in [-0.25, -0.2) is 0 Å². The number of hydrogen-bond acceptors (Lipinski definition) is 4. The van der Waals surface area contributed by atoms with E-state index in [2.05, 4.69) is 0 Å². The number of amides is 2. The van der Waals surface area contributed by atoms with Gasteiger partial charge < -0.3 is 4.42 Å². The summed E-state index contributed by atoms with van der Waals surface area (Å²) in [7, 11) is 0. The number of thioether (sulfide) groups is 1. The van der Waals surface area contributed by atoms with Gasteiger partial charge in [0.15, 0.2) is 0 Å². The zero-order valence-corrected chi connectivity index (χ0v) is 17.8. The fourth-order valence-electron chi connectivity index (χ4n) is 2.82. The van der Waals surface area contributed by atoms with Crippen molar-refractivity contribution in [2.45, 2.75) is 6.54 Å². The van der Waals surface area contributed by atoms with Crippen molar-refractivity contribution in [3.63, 3.8) is 0 Å². The molecule has 4 nitrogen and oxygen atoms in total. The molecule has 0 bridgehead atoms. The Morgan fingerprint density at radius 2 is 1.79 bits per heavy atom. The summed E-state index contributed by atoms with van der Waals surface area (Å²) < 4.78 is 5.79. The molecule has 1 aromatic heterocycles. The molecule has 0 radical (unpaired) electrons. The molecule has 3 aromatic rings. The largest absolute Gasteiger partial charge is 0.457 e. The topological polar surface area (TPSA) is 50.5 Å². The quantitative estimate of drug-likeness (QED) is 0.385. The van der Waals surface area contributed by atoms with Crippen LogP contribution in [0.2, 0.25) is 15.1 Å². The third-order valence-corrected chi connectivity index (χ3v) is 6.09. The second-order valence-corrected chi connectivity index (χ2v) is 8.47. The molecule has 0 unspecified atom stereocenters. The predicted octanol–water partition coefficient (Wildman–Crippen LogP) is 7.14. The van der Waals surface area contributed by atoms with Gasteiger partial charge in [-0.15, -0.1) is 0 Å². The van der Waals surface area contributed by atoms with Crippen LogP contribution in [0.5, 0.6) is 0 Å². The standard InChI is InChI=1S/C21H12Cl3NO3S/c22-14-3-1-2-12(8-14)11-25-20(26)19(29-21(25)27)10-15-5-7-18(28-15)13-4-6-16(23)17(24)9-13/h1-10H,11H2/b19-10-. The number of rotatable bonds is 4. The monoisotopic (exact) mass is 463 g/mol. The normalized spacial score (nSPS) is 15.6. The van der Waals surface area contributed by atoms with E-state index in [0.29, 0.717) is 31.5 Å². The van der Waals surface area contributed by atoms with Gasteiger partial charge in [0.25, 0.3) is 11.1 Å². The van der Waals surface area contributed by atoms with Gasteiger partial charge in [0, 0.05) is 16.7 Å². The molecule has 0 spiro atoms. The van der Waals surface area contributed by atoms with Crippen molar-refractivity contribution in [2.75, 3.05) is 0 Å². The van der Waals surface area contributed by atoms with E-state index < -0.39 is 0 Å². The average molecular weight is 465 g/mol. The van der Waals surface area contributed by atoms with Gasteiger partial charge in [-0.05, 0) is 59.8 Å². The van der Waals surface area contributed by atoms with Crippen LogP contribution in [0.25, 0.3) is 17.4 Å². The lowest BCUT2D eigenvalue weighted by atomic mass is 10.2. The molecular formula is C21H12Cl3NO3S. The molecule has 8 heteroatoms. The number of halogens is 3. The molecule has 1 aliphatic heterocycles. The highest BCUT2D eigenvalue weighted by Crippen LogP contribution is 2.35. The van der Waals surface area contributed by atoms with Crippen molar-refractivity contribution in [1.82, 2.24) is 4.90 Å². The molecule has 0 aliphatic carbocycles. The van der Waals surface area contributed by atoms with Crippen LogP contribution in [0.3, 0.4) is 0 Å². The summed E-state index contributed by atoms with van der Waals surface area (Å²) >= 11 is 18.8. The van der Waals surface area contributed by atoms with E-state index in [1.165, 1.54) is 4.90 Å². The number of imide groups is 1. The Morgan fingerprint density at radius 1 is 0.966 bits per heavy atom. The van der Waals surface area contributed by atoms with E-state index in [4.69, 9.17) is 39.2 Å². The third-order valence-electron chi connectivity index (χ3n) is 4.21. The minimum absolute atomic E-state index is 0.162. The number of carbonyl (C=O) groups excluding carboxylic acids is 2. The minimum atomic E-state index is -0.368. The van der Waals surface area contributed by atoms with Crippen LogP contribution < -0.4 is 0 Å². The maximum absolute atomic E-state index is 12.7. The van der Waals surface area contributed by atoms with Gasteiger partial charge in [-0.1, -0.05) is 46.9 Å². The van der Waals surface area contributed by atoms with Gasteiger partial charge in [0.2, 0.25) is 0 Å². The maximum atomic E-state index is 12.7. The third kappa shape index (κ3) is 4.38. The summed E-state index contributed by atoms with van der Waals surface area (Å²) in [5, 5.41) is 1.09. The van der Waals surface area contributed by atoms with Crippen molar-refractivity contribution in [3.8, 4) is 11.3 Å². The Morgan fingerprint density at radius 3 is 2.55 bits per heavy atom. The molecule has 0 N–H and O–H groups in total. The van der Waals surface area contributed by atoms with E-state index in [1.807, 2.05) is 6.07 Å². The second-order valence-electron chi connectivity index (χ2n) is 6.23. The Bertz CT molecular complexity index is 1160. The molecule has 2 amide bonds. The minimum Gasteiger partial charge on any atom is -0.457 e. The summed E-state index contributed by atoms with van der Waals surface area (Å²) in [6, 6.07) is 15.7. The van der Waals surface area contributed by atoms with Crippen LogP contribution in [0.4, 0.5) is 4.79 Å². The highest BCUT2D eigenvalue weighted by atomic mass is 35.5. The van der Waals surface area contributed by atoms with E-state index >= 15 is 0 Å². The van der Waals surface area contributed by atoms with E-state index in [1.54, 1.807) is 54.6 Å². The molecule has 0 atom stereocenters. The summed E-state index contributed by atoms with van der Waals surface area (Å²) in [6.45, 7) is 0.162. The molecular weight excluding hydrogens is 453 g/mol. The Balaban J connectivity index is 1.54. The number of nitrogens with zero attached hydrogens (tertiary/aromatic N) is 1. The average Bonchev–Trinajstić information content (AvgIpc) is 3.25. The summed E-state index contributed by atoms with van der Waals surface area (Å²) in [5.74, 6) is 0.666. The van der Waals surface area contributed by atoms with Crippen LogP contribution in [0.1, 0.15) is 11.3 Å². The van der Waals surface area contributed by atoms with Crippen molar-refractivity contribution in [3.05, 3.63) is 85.9 Å². The van der Waals surface area contributed by atoms with Crippen molar-refractivity contribution in [1.29, 1.82) is 0 Å². The highest BCUT2D eigenvalue weighted by molar-refractivity contribution is 8.18. The van der Waals surface area contributed by atoms with Gasteiger partial charge in [-0.2, -0.15) is 0 Å². The zero-order valence-electron chi connectivity index (χ0n) is 14.7. The SMILES string of the molecule is O=C1S/C(=C\c2ccc(-c3ccc(Cl)c(Cl)c3)o2)C(=O)N1Cc1cccc(Cl)c1. The van der Waals surface area contributed by atoms with Crippen LogP contribution in [-0.2, 0) is 11.3 Å². The lowest BCUT2D eigenvalue weighted by Crippen LogP contribution is -2.27. The van der Waals surface area contributed by atoms with Gasteiger partial charge in [-0.3, -0.25) is 14.5 Å². The molecule has 29 heavy (non-hydrogen) atoms. The fourth-order valence-corrected chi connectivity index (χ4v) is 4.15. The van der Waals surface area contributed by atoms with E-state index in [9.17, 15) is 9.59 Å². The summed E-state index contributed by atoms with van der Waals surface area (Å²) in [6.07, 6.45) is 1.56. The summed E-state index contributed by atoms with van der Waals surface area (Å²) in [5.41, 5.74) is 1.54. The second kappa shape index (κ2) is 8.28. The molecule has 0 saturated carbocycles. The predicted molar refractivity (Wildman–Crippen MR) is 117 cm³/mol. The first-order valence-corrected chi connectivity index (χ1v) is 10.4. The first-order chi connectivity index (χ1) is 13.9. The van der Waals surface area contributed by atoms with E-state index in [-0.39, 0.29) is 17.7 Å². The molecule has 1 aliphatic rings. The van der Waals surface area contributed by atoms with Gasteiger partial charge in [0.1, 0.15) is 11.5 Å². The Hall–Kier alpha value is -2.18. The Labute approximate surface area is 186 Å². The Kier molecular flexibility index (Phi) is 5.74. The number of hydrogen-bond donors (Lipinski definition) is 0.